The van der Waals surface area contributed by atoms with Crippen LogP contribution in [0.5, 0.6) is 5.75 Å². The molecule has 0 radical (unpaired) electrons. The fourth-order valence-electron chi connectivity index (χ4n) is 6.72. The number of hydrogen-bond acceptors (Lipinski definition) is 8. The lowest BCUT2D eigenvalue weighted by atomic mass is 9.83. The molecule has 1 saturated heterocycles. The summed E-state index contributed by atoms with van der Waals surface area (Å²) in [6.45, 7) is 14.2. The van der Waals surface area contributed by atoms with E-state index in [1.54, 1.807) is 36.2 Å². The van der Waals surface area contributed by atoms with Gasteiger partial charge in [0.25, 0.3) is 5.91 Å². The van der Waals surface area contributed by atoms with Crippen molar-refractivity contribution in [1.29, 1.82) is 0 Å². The number of nitrogens with one attached hydrogen (secondary N) is 1. The van der Waals surface area contributed by atoms with E-state index in [1.165, 1.54) is 6.08 Å². The fourth-order valence-corrected chi connectivity index (χ4v) is 6.72. The van der Waals surface area contributed by atoms with Crippen molar-refractivity contribution in [3.05, 3.63) is 117 Å². The molecule has 4 aromatic carbocycles. The molecule has 0 saturated carbocycles. The number of nitrogens with zero attached hydrogens (tertiary/aromatic N) is 4. The van der Waals surface area contributed by atoms with Crippen LogP contribution in [0.2, 0.25) is 0 Å². The van der Waals surface area contributed by atoms with E-state index in [2.05, 4.69) is 17.4 Å². The van der Waals surface area contributed by atoms with Crippen LogP contribution in [0, 0.1) is 27.7 Å². The summed E-state index contributed by atoms with van der Waals surface area (Å²) in [5.41, 5.74) is 8.75. The summed E-state index contributed by atoms with van der Waals surface area (Å²) in [6, 6.07) is 23.0. The van der Waals surface area contributed by atoms with Gasteiger partial charge in [0.15, 0.2) is 23.3 Å². The summed E-state index contributed by atoms with van der Waals surface area (Å²) in [6.07, 6.45) is 1.63. The van der Waals surface area contributed by atoms with Gasteiger partial charge in [0.2, 0.25) is 11.8 Å². The number of imide groups is 1. The number of amides is 3. The van der Waals surface area contributed by atoms with Crippen LogP contribution in [-0.2, 0) is 31.0 Å². The first-order valence-electron chi connectivity index (χ1n) is 18.2. The SMILES string of the molecule is Cc1ccc(-c2nc(-c3ccc(C)cc3C)nc(-c3cc(CCC(=O)N(C)c4ccc(/C=C5\C(=O)CC(=O)NC5=O)cc4)cc(C(C)(C)C)c3O)n2)c(C)c1. The van der Waals surface area contributed by atoms with E-state index in [1.807, 2.05) is 84.9 Å². The van der Waals surface area contributed by atoms with Gasteiger partial charge in [-0.2, -0.15) is 0 Å². The molecule has 55 heavy (non-hydrogen) atoms. The third kappa shape index (κ3) is 8.44. The van der Waals surface area contributed by atoms with E-state index in [9.17, 15) is 24.3 Å². The molecule has 0 atom stereocenters. The summed E-state index contributed by atoms with van der Waals surface area (Å²) in [7, 11) is 1.69. The van der Waals surface area contributed by atoms with E-state index in [-0.39, 0.29) is 30.1 Å². The Morgan fingerprint density at radius 3 is 1.84 bits per heavy atom. The number of ketones is 1. The van der Waals surface area contributed by atoms with Gasteiger partial charge in [0.1, 0.15) is 5.75 Å². The Morgan fingerprint density at radius 2 is 1.33 bits per heavy atom. The highest BCUT2D eigenvalue weighted by molar-refractivity contribution is 6.32. The highest BCUT2D eigenvalue weighted by atomic mass is 16.3. The maximum atomic E-state index is 13.6. The largest absolute Gasteiger partial charge is 0.507 e. The second kappa shape index (κ2) is 15.2. The van der Waals surface area contributed by atoms with E-state index >= 15 is 0 Å². The Balaban J connectivity index is 1.32. The number of hydrogen-bond donors (Lipinski definition) is 2. The molecular weight excluding hydrogens is 691 g/mol. The Bertz CT molecular complexity index is 2310. The van der Waals surface area contributed by atoms with Crippen LogP contribution in [0.3, 0.4) is 0 Å². The minimum Gasteiger partial charge on any atom is -0.507 e. The molecule has 1 fully saturated rings. The first kappa shape index (κ1) is 38.4. The quantitative estimate of drug-likeness (QED) is 0.0715. The third-order valence-corrected chi connectivity index (χ3v) is 9.81. The first-order valence-corrected chi connectivity index (χ1v) is 18.2. The zero-order chi connectivity index (χ0) is 39.8. The Labute approximate surface area is 321 Å². The minimum atomic E-state index is -0.719. The van der Waals surface area contributed by atoms with Gasteiger partial charge in [-0.15, -0.1) is 0 Å². The maximum absolute atomic E-state index is 13.6. The van der Waals surface area contributed by atoms with Crippen LogP contribution < -0.4 is 10.2 Å². The van der Waals surface area contributed by atoms with Crippen LogP contribution in [0.15, 0.2) is 78.4 Å². The Hall–Kier alpha value is -6.29. The Morgan fingerprint density at radius 1 is 0.782 bits per heavy atom. The number of phenols is 1. The Kier molecular flexibility index (Phi) is 10.6. The zero-order valence-corrected chi connectivity index (χ0v) is 32.5. The van der Waals surface area contributed by atoms with Crippen molar-refractivity contribution in [2.24, 2.45) is 0 Å². The third-order valence-electron chi connectivity index (χ3n) is 9.81. The lowest BCUT2D eigenvalue weighted by Gasteiger charge is -2.24. The van der Waals surface area contributed by atoms with Gasteiger partial charge in [-0.3, -0.25) is 24.5 Å². The number of benzene rings is 4. The molecule has 1 aliphatic heterocycles. The molecule has 0 bridgehead atoms. The molecule has 2 heterocycles. The monoisotopic (exact) mass is 735 g/mol. The van der Waals surface area contributed by atoms with Crippen molar-refractivity contribution in [2.45, 2.75) is 73.1 Å². The standard InChI is InChI=1S/C45H45N5O5/c1-25-9-16-32(27(3)19-25)41-47-42(33-17-10-26(2)20-28(33)4)49-43(48-41)35-22-30(23-36(40(35)54)45(5,6)7)13-18-39(53)50(8)31-14-11-29(12-15-31)21-34-37(51)24-38(52)46-44(34)55/h9-12,14-17,19-23,54H,13,18,24H2,1-8H3,(H,46,52,55)/b34-21+. The van der Waals surface area contributed by atoms with E-state index in [0.29, 0.717) is 46.3 Å². The van der Waals surface area contributed by atoms with Gasteiger partial charge < -0.3 is 10.0 Å². The minimum absolute atomic E-state index is 0.0816. The summed E-state index contributed by atoms with van der Waals surface area (Å²) < 4.78 is 0. The van der Waals surface area contributed by atoms with Crippen LogP contribution in [-0.4, -0.2) is 50.6 Å². The highest BCUT2D eigenvalue weighted by Crippen LogP contribution is 2.40. The number of piperidine rings is 1. The lowest BCUT2D eigenvalue weighted by Crippen LogP contribution is -2.40. The highest BCUT2D eigenvalue weighted by Gasteiger charge is 2.28. The first-order chi connectivity index (χ1) is 26.0. The number of Topliss-reactive ketones (excluding diaryl/α,β-unsaturated/α-hetero) is 1. The van der Waals surface area contributed by atoms with E-state index < -0.39 is 23.0 Å². The molecule has 0 unspecified atom stereocenters. The smallest absolute Gasteiger partial charge is 0.261 e. The number of carbonyl (C=O) groups is 4. The second-order valence-corrected chi connectivity index (χ2v) is 15.3. The molecule has 10 nitrogen and oxygen atoms in total. The van der Waals surface area contributed by atoms with Crippen molar-refractivity contribution >= 4 is 35.3 Å². The molecule has 10 heteroatoms. The summed E-state index contributed by atoms with van der Waals surface area (Å²) in [5.74, 6) is -0.575. The number of phenolic OH excluding ortho intramolecular Hbond substituents is 1. The van der Waals surface area contributed by atoms with Crippen molar-refractivity contribution in [3.63, 3.8) is 0 Å². The van der Waals surface area contributed by atoms with E-state index in [0.717, 1.165) is 38.9 Å². The van der Waals surface area contributed by atoms with Gasteiger partial charge >= 0.3 is 0 Å². The van der Waals surface area contributed by atoms with Crippen LogP contribution in [0.1, 0.15) is 72.6 Å². The topological polar surface area (TPSA) is 142 Å². The number of rotatable bonds is 8. The molecule has 2 N–H and O–H groups in total. The number of aromatic hydroxyl groups is 1. The average Bonchev–Trinajstić information content (AvgIpc) is 3.11. The predicted molar refractivity (Wildman–Crippen MR) is 214 cm³/mol. The van der Waals surface area contributed by atoms with Gasteiger partial charge in [0, 0.05) is 35.8 Å². The number of anilines is 1. The molecule has 1 aliphatic rings. The molecule has 1 aromatic heterocycles. The zero-order valence-electron chi connectivity index (χ0n) is 32.5. The van der Waals surface area contributed by atoms with Crippen molar-refractivity contribution < 1.29 is 24.3 Å². The molecule has 6 rings (SSSR count). The molecule has 3 amide bonds. The van der Waals surface area contributed by atoms with Gasteiger partial charge in [-0.1, -0.05) is 86.5 Å². The normalized spacial score (nSPS) is 14.0. The molecule has 5 aromatic rings. The summed E-state index contributed by atoms with van der Waals surface area (Å²) >= 11 is 0. The average molecular weight is 736 g/mol. The predicted octanol–water partition coefficient (Wildman–Crippen LogP) is 7.70. The molecule has 0 aliphatic carbocycles. The van der Waals surface area contributed by atoms with Crippen LogP contribution in [0.25, 0.3) is 40.2 Å². The van der Waals surface area contributed by atoms with Crippen molar-refractivity contribution in [1.82, 2.24) is 20.3 Å². The van der Waals surface area contributed by atoms with Crippen molar-refractivity contribution in [2.75, 3.05) is 11.9 Å². The van der Waals surface area contributed by atoms with Crippen LogP contribution >= 0.6 is 0 Å². The van der Waals surface area contributed by atoms with Gasteiger partial charge in [-0.25, -0.2) is 15.0 Å². The summed E-state index contributed by atoms with van der Waals surface area (Å²) in [5, 5.41) is 14.0. The van der Waals surface area contributed by atoms with Gasteiger partial charge in [-0.05, 0) is 86.1 Å². The number of aromatic nitrogens is 3. The van der Waals surface area contributed by atoms with Crippen LogP contribution in [0.4, 0.5) is 5.69 Å². The maximum Gasteiger partial charge on any atom is 0.261 e. The van der Waals surface area contributed by atoms with Crippen molar-refractivity contribution in [3.8, 4) is 39.9 Å². The lowest BCUT2D eigenvalue weighted by molar-refractivity contribution is -0.134. The second-order valence-electron chi connectivity index (χ2n) is 15.3. The number of carbonyl (C=O) groups excluding carboxylic acids is 4. The fraction of sp³-hybridized carbons (Fsp3) is 0.267. The number of aryl methyl sites for hydroxylation is 5. The molecular formula is C45H45N5O5. The van der Waals surface area contributed by atoms with E-state index in [4.69, 9.17) is 15.0 Å². The molecule has 280 valence electrons. The summed E-state index contributed by atoms with van der Waals surface area (Å²) in [4.78, 5) is 65.9. The molecule has 0 spiro atoms. The van der Waals surface area contributed by atoms with Gasteiger partial charge in [0.05, 0.1) is 17.6 Å².